The summed E-state index contributed by atoms with van der Waals surface area (Å²) in [5.41, 5.74) is 0. The number of anilines is 1. The Balaban J connectivity index is 2.61. The molecule has 1 aromatic heterocycles. The number of hydrogen-bond acceptors (Lipinski definition) is 3. The van der Waals surface area contributed by atoms with Crippen LogP contribution in [0.15, 0.2) is 18.2 Å². The molecule has 4 heteroatoms. The lowest BCUT2D eigenvalue weighted by Crippen LogP contribution is -2.19. The van der Waals surface area contributed by atoms with Crippen molar-refractivity contribution < 1.29 is 4.74 Å². The van der Waals surface area contributed by atoms with Gasteiger partial charge in [0.05, 0.1) is 7.11 Å². The van der Waals surface area contributed by atoms with Crippen molar-refractivity contribution in [2.24, 2.45) is 0 Å². The summed E-state index contributed by atoms with van der Waals surface area (Å²) in [7, 11) is 1.61. The second-order valence-corrected chi connectivity index (χ2v) is 3.67. The van der Waals surface area contributed by atoms with Crippen LogP contribution in [0, 0.1) is 0 Å². The molecule has 0 aliphatic heterocycles. The predicted molar refractivity (Wildman–Crippen MR) is 63.8 cm³/mol. The molecule has 1 atom stereocenters. The molecule has 1 unspecified atom stereocenters. The molecule has 0 amide bonds. The van der Waals surface area contributed by atoms with Crippen LogP contribution in [-0.4, -0.2) is 24.0 Å². The zero-order valence-corrected chi connectivity index (χ0v) is 9.92. The average molecular weight is 229 g/mol. The molecule has 15 heavy (non-hydrogen) atoms. The fraction of sp³-hybridized carbons (Fsp3) is 0.545. The molecule has 0 fully saturated rings. The van der Waals surface area contributed by atoms with Crippen LogP contribution in [0.5, 0.6) is 5.88 Å². The lowest BCUT2D eigenvalue weighted by Gasteiger charge is -2.16. The van der Waals surface area contributed by atoms with Gasteiger partial charge in [0, 0.05) is 18.0 Å². The van der Waals surface area contributed by atoms with E-state index in [1.807, 2.05) is 18.2 Å². The standard InChI is InChI=1S/C11H17ClN2O/c1-3-9(7-8-12)13-10-5-4-6-11(14-10)15-2/h4-6,9H,3,7-8H2,1-2H3,(H,13,14). The summed E-state index contributed by atoms with van der Waals surface area (Å²) in [5.74, 6) is 2.13. The van der Waals surface area contributed by atoms with Crippen LogP contribution in [0.2, 0.25) is 0 Å². The highest BCUT2D eigenvalue weighted by Gasteiger charge is 2.06. The minimum absolute atomic E-state index is 0.377. The van der Waals surface area contributed by atoms with E-state index < -0.39 is 0 Å². The van der Waals surface area contributed by atoms with Crippen molar-refractivity contribution in [3.05, 3.63) is 18.2 Å². The summed E-state index contributed by atoms with van der Waals surface area (Å²) in [4.78, 5) is 4.28. The zero-order chi connectivity index (χ0) is 11.1. The molecule has 84 valence electrons. The molecule has 0 aromatic carbocycles. The summed E-state index contributed by atoms with van der Waals surface area (Å²) in [5, 5.41) is 3.33. The van der Waals surface area contributed by atoms with Crippen LogP contribution >= 0.6 is 11.6 Å². The maximum Gasteiger partial charge on any atom is 0.214 e. The fourth-order valence-corrected chi connectivity index (χ4v) is 1.59. The van der Waals surface area contributed by atoms with Gasteiger partial charge in [-0.3, -0.25) is 0 Å². The highest BCUT2D eigenvalue weighted by Crippen LogP contribution is 2.13. The second-order valence-electron chi connectivity index (χ2n) is 3.29. The van der Waals surface area contributed by atoms with Gasteiger partial charge in [-0.15, -0.1) is 11.6 Å². The molecule has 0 aliphatic carbocycles. The Morgan fingerprint density at radius 2 is 2.33 bits per heavy atom. The van der Waals surface area contributed by atoms with E-state index in [1.54, 1.807) is 7.11 Å². The van der Waals surface area contributed by atoms with E-state index >= 15 is 0 Å². The van der Waals surface area contributed by atoms with Crippen molar-refractivity contribution in [1.29, 1.82) is 0 Å². The third kappa shape index (κ3) is 3.96. The SMILES string of the molecule is CCC(CCCl)Nc1cccc(OC)n1. The topological polar surface area (TPSA) is 34.1 Å². The number of pyridine rings is 1. The van der Waals surface area contributed by atoms with E-state index in [-0.39, 0.29) is 0 Å². The van der Waals surface area contributed by atoms with E-state index in [9.17, 15) is 0 Å². The van der Waals surface area contributed by atoms with Gasteiger partial charge in [0.25, 0.3) is 0 Å². The van der Waals surface area contributed by atoms with Crippen LogP contribution in [-0.2, 0) is 0 Å². The van der Waals surface area contributed by atoms with Gasteiger partial charge in [0.1, 0.15) is 5.82 Å². The van der Waals surface area contributed by atoms with Crippen LogP contribution < -0.4 is 10.1 Å². The lowest BCUT2D eigenvalue weighted by molar-refractivity contribution is 0.398. The summed E-state index contributed by atoms with van der Waals surface area (Å²) in [6, 6.07) is 6.05. The first-order valence-corrected chi connectivity index (χ1v) is 5.67. The number of halogens is 1. The van der Waals surface area contributed by atoms with Crippen LogP contribution in [0.25, 0.3) is 0 Å². The Morgan fingerprint density at radius 3 is 2.93 bits per heavy atom. The quantitative estimate of drug-likeness (QED) is 0.761. The van der Waals surface area contributed by atoms with Crippen molar-refractivity contribution in [2.75, 3.05) is 18.3 Å². The van der Waals surface area contributed by atoms with Crippen molar-refractivity contribution >= 4 is 17.4 Å². The molecule has 0 saturated carbocycles. The first-order chi connectivity index (χ1) is 7.30. The highest BCUT2D eigenvalue weighted by atomic mass is 35.5. The van der Waals surface area contributed by atoms with Crippen LogP contribution in [0.1, 0.15) is 19.8 Å². The molecular formula is C11H17ClN2O. The van der Waals surface area contributed by atoms with E-state index in [1.165, 1.54) is 0 Å². The number of nitrogens with one attached hydrogen (secondary N) is 1. The van der Waals surface area contributed by atoms with Crippen LogP contribution in [0.4, 0.5) is 5.82 Å². The molecule has 1 heterocycles. The Kier molecular flexibility index (Phi) is 5.26. The summed E-state index contributed by atoms with van der Waals surface area (Å²) in [6.45, 7) is 2.13. The Bertz CT molecular complexity index is 294. The first-order valence-electron chi connectivity index (χ1n) is 5.13. The summed E-state index contributed by atoms with van der Waals surface area (Å²) >= 11 is 5.71. The van der Waals surface area contributed by atoms with E-state index in [0.29, 0.717) is 17.8 Å². The van der Waals surface area contributed by atoms with Gasteiger partial charge in [0.2, 0.25) is 5.88 Å². The van der Waals surface area contributed by atoms with Crippen molar-refractivity contribution in [3.63, 3.8) is 0 Å². The van der Waals surface area contributed by atoms with Gasteiger partial charge in [-0.1, -0.05) is 13.0 Å². The summed E-state index contributed by atoms with van der Waals surface area (Å²) in [6.07, 6.45) is 1.97. The van der Waals surface area contributed by atoms with Gasteiger partial charge in [-0.05, 0) is 18.9 Å². The monoisotopic (exact) mass is 228 g/mol. The molecule has 0 saturated heterocycles. The predicted octanol–water partition coefficient (Wildman–Crippen LogP) is 2.91. The molecule has 1 N–H and O–H groups in total. The number of methoxy groups -OCH3 is 1. The highest BCUT2D eigenvalue weighted by molar-refractivity contribution is 6.17. The van der Waals surface area contributed by atoms with Gasteiger partial charge in [0.15, 0.2) is 0 Å². The molecule has 1 aromatic rings. The third-order valence-corrected chi connectivity index (χ3v) is 2.45. The van der Waals surface area contributed by atoms with E-state index in [2.05, 4.69) is 17.2 Å². The Labute approximate surface area is 95.8 Å². The zero-order valence-electron chi connectivity index (χ0n) is 9.16. The van der Waals surface area contributed by atoms with E-state index in [0.717, 1.165) is 18.7 Å². The number of nitrogens with zero attached hydrogens (tertiary/aromatic N) is 1. The largest absolute Gasteiger partial charge is 0.481 e. The third-order valence-electron chi connectivity index (χ3n) is 2.24. The maximum atomic E-state index is 5.71. The number of rotatable bonds is 6. The molecule has 0 spiro atoms. The number of hydrogen-bond donors (Lipinski definition) is 1. The lowest BCUT2D eigenvalue weighted by atomic mass is 10.2. The first kappa shape index (κ1) is 12.1. The van der Waals surface area contributed by atoms with Crippen molar-refractivity contribution in [1.82, 2.24) is 4.98 Å². The second kappa shape index (κ2) is 6.51. The van der Waals surface area contributed by atoms with Gasteiger partial charge < -0.3 is 10.1 Å². The fourth-order valence-electron chi connectivity index (χ4n) is 1.33. The van der Waals surface area contributed by atoms with Crippen molar-refractivity contribution in [3.8, 4) is 5.88 Å². The van der Waals surface area contributed by atoms with Crippen LogP contribution in [0.3, 0.4) is 0 Å². The van der Waals surface area contributed by atoms with Gasteiger partial charge in [-0.2, -0.15) is 4.98 Å². The average Bonchev–Trinajstić information content (AvgIpc) is 2.29. The minimum atomic E-state index is 0.377. The van der Waals surface area contributed by atoms with Gasteiger partial charge >= 0.3 is 0 Å². The molecule has 0 aliphatic rings. The normalized spacial score (nSPS) is 12.2. The summed E-state index contributed by atoms with van der Waals surface area (Å²) < 4.78 is 5.05. The molecule has 0 bridgehead atoms. The van der Waals surface area contributed by atoms with Gasteiger partial charge in [-0.25, -0.2) is 0 Å². The van der Waals surface area contributed by atoms with Crippen molar-refractivity contribution in [2.45, 2.75) is 25.8 Å². The molecule has 0 radical (unpaired) electrons. The van der Waals surface area contributed by atoms with E-state index in [4.69, 9.17) is 16.3 Å². The molecular weight excluding hydrogens is 212 g/mol. The molecule has 1 rings (SSSR count). The number of alkyl halides is 1. The Morgan fingerprint density at radius 1 is 1.53 bits per heavy atom. The molecule has 3 nitrogen and oxygen atoms in total. The number of aromatic nitrogens is 1. The number of ether oxygens (including phenoxy) is 1. The minimum Gasteiger partial charge on any atom is -0.481 e. The maximum absolute atomic E-state index is 5.71. The Hall–Kier alpha value is -0.960. The smallest absolute Gasteiger partial charge is 0.214 e.